The van der Waals surface area contributed by atoms with E-state index in [4.69, 9.17) is 11.6 Å². The van der Waals surface area contributed by atoms with Gasteiger partial charge in [0.1, 0.15) is 10.6 Å². The molecular formula is C15H19ClN4O3S. The number of aromatic nitrogens is 1. The van der Waals surface area contributed by atoms with Crippen molar-refractivity contribution in [3.63, 3.8) is 0 Å². The van der Waals surface area contributed by atoms with E-state index in [1.54, 1.807) is 25.2 Å². The fourth-order valence-corrected chi connectivity index (χ4v) is 3.32. The molecule has 24 heavy (non-hydrogen) atoms. The second-order valence-electron chi connectivity index (χ2n) is 5.39. The van der Waals surface area contributed by atoms with E-state index >= 15 is 0 Å². The van der Waals surface area contributed by atoms with Gasteiger partial charge in [-0.1, -0.05) is 11.6 Å². The van der Waals surface area contributed by atoms with Crippen LogP contribution in [-0.2, 0) is 17.1 Å². The Kier molecular flexibility index (Phi) is 5.22. The summed E-state index contributed by atoms with van der Waals surface area (Å²) in [5, 5.41) is 3.21. The predicted molar refractivity (Wildman–Crippen MR) is 95.4 cm³/mol. The van der Waals surface area contributed by atoms with Crippen molar-refractivity contribution in [2.45, 2.75) is 4.90 Å². The molecule has 0 atom stereocenters. The quantitative estimate of drug-likeness (QED) is 0.842. The number of halogens is 1. The van der Waals surface area contributed by atoms with E-state index in [-0.39, 0.29) is 10.6 Å². The number of hydrogen-bond donors (Lipinski definition) is 2. The third-order valence-corrected chi connectivity index (χ3v) is 5.16. The van der Waals surface area contributed by atoms with Gasteiger partial charge >= 0.3 is 0 Å². The smallest absolute Gasteiger partial charge is 0.272 e. The summed E-state index contributed by atoms with van der Waals surface area (Å²) in [5.41, 5.74) is 1.57. The van der Waals surface area contributed by atoms with Crippen LogP contribution in [0.5, 0.6) is 0 Å². The van der Waals surface area contributed by atoms with Crippen LogP contribution in [-0.4, -0.2) is 40.0 Å². The minimum atomic E-state index is -3.61. The molecule has 0 saturated carbocycles. The predicted octanol–water partition coefficient (Wildman–Crippen LogP) is 1.90. The topological polar surface area (TPSA) is 83.4 Å². The Hall–Kier alpha value is -2.03. The highest BCUT2D eigenvalue weighted by atomic mass is 35.5. The minimum Gasteiger partial charge on any atom is -0.376 e. The Morgan fingerprint density at radius 1 is 1.25 bits per heavy atom. The number of anilines is 2. The molecule has 1 heterocycles. The highest BCUT2D eigenvalue weighted by Crippen LogP contribution is 2.27. The van der Waals surface area contributed by atoms with E-state index in [0.29, 0.717) is 10.7 Å². The first-order chi connectivity index (χ1) is 11.2. The molecule has 130 valence electrons. The largest absolute Gasteiger partial charge is 0.376 e. The Labute approximate surface area is 146 Å². The standard InChI is InChI=1S/C15H19ClN4O3S/c1-17-24(22,23)11-8-14(20(4)9-11)15(21)18-10-5-6-13(19(2)3)12(16)7-10/h5-9,17H,1-4H3,(H,18,21). The maximum Gasteiger partial charge on any atom is 0.272 e. The molecule has 7 nitrogen and oxygen atoms in total. The van der Waals surface area contributed by atoms with Gasteiger partial charge < -0.3 is 14.8 Å². The average molecular weight is 371 g/mol. The zero-order valence-electron chi connectivity index (χ0n) is 13.8. The molecule has 0 unspecified atom stereocenters. The molecule has 0 bridgehead atoms. The number of carbonyl (C=O) groups is 1. The van der Waals surface area contributed by atoms with Gasteiger partial charge in [0.2, 0.25) is 10.0 Å². The van der Waals surface area contributed by atoms with Gasteiger partial charge in [-0.05, 0) is 31.3 Å². The number of hydrogen-bond acceptors (Lipinski definition) is 4. The van der Waals surface area contributed by atoms with E-state index in [1.165, 1.54) is 23.9 Å². The van der Waals surface area contributed by atoms with E-state index < -0.39 is 15.9 Å². The zero-order chi connectivity index (χ0) is 18.1. The van der Waals surface area contributed by atoms with Crippen molar-refractivity contribution in [2.75, 3.05) is 31.4 Å². The number of aryl methyl sites for hydroxylation is 1. The van der Waals surface area contributed by atoms with Crippen molar-refractivity contribution in [1.29, 1.82) is 0 Å². The first-order valence-electron chi connectivity index (χ1n) is 7.04. The van der Waals surface area contributed by atoms with Crippen LogP contribution >= 0.6 is 11.6 Å². The van der Waals surface area contributed by atoms with Crippen LogP contribution in [0.15, 0.2) is 35.4 Å². The highest BCUT2D eigenvalue weighted by Gasteiger charge is 2.19. The van der Waals surface area contributed by atoms with Crippen molar-refractivity contribution in [2.24, 2.45) is 7.05 Å². The van der Waals surface area contributed by atoms with Crippen LogP contribution in [0.3, 0.4) is 0 Å². The Morgan fingerprint density at radius 2 is 1.92 bits per heavy atom. The van der Waals surface area contributed by atoms with Crippen LogP contribution in [0.4, 0.5) is 11.4 Å². The van der Waals surface area contributed by atoms with Crippen molar-refractivity contribution >= 4 is 38.9 Å². The number of sulfonamides is 1. The summed E-state index contributed by atoms with van der Waals surface area (Å²) in [6.45, 7) is 0. The first kappa shape index (κ1) is 18.3. The summed E-state index contributed by atoms with van der Waals surface area (Å²) < 4.78 is 27.3. The summed E-state index contributed by atoms with van der Waals surface area (Å²) in [6.07, 6.45) is 1.38. The van der Waals surface area contributed by atoms with Gasteiger partial charge in [0.25, 0.3) is 5.91 Å². The Balaban J connectivity index is 2.26. The summed E-state index contributed by atoms with van der Waals surface area (Å²) in [4.78, 5) is 14.3. The number of nitrogens with one attached hydrogen (secondary N) is 2. The lowest BCUT2D eigenvalue weighted by Gasteiger charge is -2.15. The fraction of sp³-hybridized carbons (Fsp3) is 0.267. The molecule has 1 amide bonds. The molecule has 9 heteroatoms. The number of benzene rings is 1. The van der Waals surface area contributed by atoms with E-state index in [0.717, 1.165) is 5.69 Å². The number of amides is 1. The lowest BCUT2D eigenvalue weighted by Crippen LogP contribution is -2.18. The van der Waals surface area contributed by atoms with Crippen LogP contribution in [0.1, 0.15) is 10.5 Å². The van der Waals surface area contributed by atoms with E-state index in [2.05, 4.69) is 10.0 Å². The van der Waals surface area contributed by atoms with Gasteiger partial charge in [-0.25, -0.2) is 13.1 Å². The maximum atomic E-state index is 12.4. The second kappa shape index (κ2) is 6.84. The van der Waals surface area contributed by atoms with Crippen molar-refractivity contribution in [3.8, 4) is 0 Å². The van der Waals surface area contributed by atoms with Crippen LogP contribution in [0.25, 0.3) is 0 Å². The molecule has 2 N–H and O–H groups in total. The summed E-state index contributed by atoms with van der Waals surface area (Å²) in [5.74, 6) is -0.427. The van der Waals surface area contributed by atoms with Crippen LogP contribution in [0.2, 0.25) is 5.02 Å². The summed E-state index contributed by atoms with van der Waals surface area (Å²) >= 11 is 6.18. The van der Waals surface area contributed by atoms with E-state index in [9.17, 15) is 13.2 Å². The second-order valence-corrected chi connectivity index (χ2v) is 7.69. The molecule has 0 fully saturated rings. The third-order valence-electron chi connectivity index (χ3n) is 3.48. The molecule has 0 aliphatic rings. The molecule has 1 aromatic carbocycles. The number of nitrogens with zero attached hydrogens (tertiary/aromatic N) is 2. The van der Waals surface area contributed by atoms with Gasteiger partial charge in [-0.15, -0.1) is 0 Å². The highest BCUT2D eigenvalue weighted by molar-refractivity contribution is 7.89. The number of carbonyl (C=O) groups excluding carboxylic acids is 1. The van der Waals surface area contributed by atoms with Gasteiger partial charge in [-0.2, -0.15) is 0 Å². The van der Waals surface area contributed by atoms with Crippen LogP contribution in [0, 0.1) is 0 Å². The Bertz CT molecular complexity index is 875. The average Bonchev–Trinajstić information content (AvgIpc) is 2.89. The maximum absolute atomic E-state index is 12.4. The van der Waals surface area contributed by atoms with E-state index in [1.807, 2.05) is 19.0 Å². The molecule has 0 saturated heterocycles. The number of rotatable bonds is 5. The Morgan fingerprint density at radius 3 is 2.46 bits per heavy atom. The monoisotopic (exact) mass is 370 g/mol. The molecule has 0 radical (unpaired) electrons. The molecular weight excluding hydrogens is 352 g/mol. The van der Waals surface area contributed by atoms with Gasteiger partial charge in [0, 0.05) is 33.0 Å². The molecule has 0 aliphatic carbocycles. The fourth-order valence-electron chi connectivity index (χ4n) is 2.17. The normalized spacial score (nSPS) is 11.4. The lowest BCUT2D eigenvalue weighted by molar-refractivity contribution is 0.101. The van der Waals surface area contributed by atoms with Gasteiger partial charge in [0.15, 0.2) is 0 Å². The van der Waals surface area contributed by atoms with Crippen molar-refractivity contribution in [1.82, 2.24) is 9.29 Å². The van der Waals surface area contributed by atoms with Crippen molar-refractivity contribution in [3.05, 3.63) is 41.2 Å². The minimum absolute atomic E-state index is 0.0265. The summed E-state index contributed by atoms with van der Waals surface area (Å²) in [7, 11) is 3.05. The molecule has 0 aliphatic heterocycles. The van der Waals surface area contributed by atoms with Gasteiger partial charge in [-0.3, -0.25) is 4.79 Å². The zero-order valence-corrected chi connectivity index (χ0v) is 15.4. The van der Waals surface area contributed by atoms with Gasteiger partial charge in [0.05, 0.1) is 10.7 Å². The van der Waals surface area contributed by atoms with Crippen LogP contribution < -0.4 is 14.9 Å². The molecule has 1 aromatic heterocycles. The van der Waals surface area contributed by atoms with Crippen molar-refractivity contribution < 1.29 is 13.2 Å². The SMILES string of the molecule is CNS(=O)(=O)c1cc(C(=O)Nc2ccc(N(C)C)c(Cl)c2)n(C)c1. The first-order valence-corrected chi connectivity index (χ1v) is 8.90. The molecule has 2 rings (SSSR count). The molecule has 0 spiro atoms. The lowest BCUT2D eigenvalue weighted by atomic mass is 10.2. The molecule has 2 aromatic rings. The summed E-state index contributed by atoms with van der Waals surface area (Å²) in [6, 6.07) is 6.48. The third kappa shape index (κ3) is 3.72.